The third kappa shape index (κ3) is 5.03. The summed E-state index contributed by atoms with van der Waals surface area (Å²) < 4.78 is 5.34. The lowest BCUT2D eigenvalue weighted by molar-refractivity contribution is 1.64. The molecule has 0 nitrogen and oxygen atoms in total. The number of rotatable bonds is 5. The molecule has 0 aliphatic heterocycles. The molecular weight excluding hydrogens is 713 g/mol. The van der Waals surface area contributed by atoms with Crippen molar-refractivity contribution in [1.29, 1.82) is 0 Å². The fourth-order valence-corrected chi connectivity index (χ4v) is 11.7. The first-order valence-corrected chi connectivity index (χ1v) is 21.0. The maximum Gasteiger partial charge on any atom is 0.0434 e. The molecule has 0 atom stereocenters. The van der Waals surface area contributed by atoms with E-state index in [1.807, 2.05) is 22.7 Å². The molecule has 0 aliphatic carbocycles. The van der Waals surface area contributed by atoms with Crippen LogP contribution in [0.1, 0.15) is 19.4 Å². The molecule has 0 radical (unpaired) electrons. The van der Waals surface area contributed by atoms with Gasteiger partial charge in [0.15, 0.2) is 0 Å². The summed E-state index contributed by atoms with van der Waals surface area (Å²) in [4.78, 5) is 0. The van der Waals surface area contributed by atoms with Crippen molar-refractivity contribution >= 4 is 101 Å². The lowest BCUT2D eigenvalue weighted by Gasteiger charge is -2.12. The molecule has 264 valence electrons. The Bertz CT molecular complexity index is 3410. The number of hydrogen-bond donors (Lipinski definition) is 0. The third-order valence-electron chi connectivity index (χ3n) is 11.6. The van der Waals surface area contributed by atoms with Crippen molar-refractivity contribution in [3.63, 3.8) is 0 Å². The van der Waals surface area contributed by atoms with Crippen molar-refractivity contribution in [2.24, 2.45) is 0 Å². The van der Waals surface area contributed by atoms with Gasteiger partial charge >= 0.3 is 0 Å². The molecule has 0 N–H and O–H groups in total. The largest absolute Gasteiger partial charge is 0.134 e. The smallest absolute Gasteiger partial charge is 0.0434 e. The van der Waals surface area contributed by atoms with Gasteiger partial charge in [-0.15, -0.1) is 22.7 Å². The van der Waals surface area contributed by atoms with Crippen LogP contribution in [0, 0.1) is 0 Å². The van der Waals surface area contributed by atoms with E-state index in [2.05, 4.69) is 196 Å². The van der Waals surface area contributed by atoms with E-state index in [-0.39, 0.29) is 0 Å². The number of allylic oxidation sites excluding steroid dienone is 4. The molecule has 2 heterocycles. The molecule has 0 saturated heterocycles. The molecule has 0 amide bonds. The quantitative estimate of drug-likeness (QED) is 0.121. The number of benzene rings is 9. The van der Waals surface area contributed by atoms with E-state index in [1.54, 1.807) is 0 Å². The normalized spacial score (nSPS) is 12.5. The topological polar surface area (TPSA) is 0 Å². The van der Waals surface area contributed by atoms with Crippen LogP contribution in [0.4, 0.5) is 0 Å². The second kappa shape index (κ2) is 13.2. The number of hydrogen-bond acceptors (Lipinski definition) is 2. The van der Waals surface area contributed by atoms with Crippen LogP contribution in [0.5, 0.6) is 0 Å². The van der Waals surface area contributed by atoms with Crippen LogP contribution >= 0.6 is 22.7 Å². The van der Waals surface area contributed by atoms with Gasteiger partial charge in [0.25, 0.3) is 0 Å². The summed E-state index contributed by atoms with van der Waals surface area (Å²) in [5, 5.41) is 13.1. The minimum absolute atomic E-state index is 1.24. The highest BCUT2D eigenvalue weighted by Gasteiger charge is 2.18. The Morgan fingerprint density at radius 2 is 0.768 bits per heavy atom. The van der Waals surface area contributed by atoms with Gasteiger partial charge in [-0.2, -0.15) is 0 Å². The van der Waals surface area contributed by atoms with Crippen LogP contribution < -0.4 is 0 Å². The maximum absolute atomic E-state index is 2.42. The van der Waals surface area contributed by atoms with Crippen molar-refractivity contribution < 1.29 is 0 Å². The molecule has 0 saturated carbocycles. The Hall–Kier alpha value is -6.32. The minimum atomic E-state index is 1.24. The predicted octanol–water partition coefficient (Wildman–Crippen LogP) is 16.9. The van der Waals surface area contributed by atoms with Crippen molar-refractivity contribution in [3.05, 3.63) is 188 Å². The van der Waals surface area contributed by atoms with Gasteiger partial charge in [0.05, 0.1) is 0 Å². The molecule has 9 aromatic carbocycles. The van der Waals surface area contributed by atoms with Crippen LogP contribution in [0.2, 0.25) is 0 Å². The zero-order chi connectivity index (χ0) is 37.3. The fraction of sp³-hybridized carbons (Fsp3) is 0.0370. The van der Waals surface area contributed by atoms with E-state index in [4.69, 9.17) is 0 Å². The van der Waals surface area contributed by atoms with Gasteiger partial charge in [0.1, 0.15) is 0 Å². The lowest BCUT2D eigenvalue weighted by atomic mass is 9.92. The zero-order valence-corrected chi connectivity index (χ0v) is 32.8. The van der Waals surface area contributed by atoms with Gasteiger partial charge in [-0.3, -0.25) is 0 Å². The van der Waals surface area contributed by atoms with Crippen LogP contribution in [0.25, 0.3) is 112 Å². The summed E-state index contributed by atoms with van der Waals surface area (Å²) in [7, 11) is 0. The molecule has 2 heteroatoms. The highest BCUT2D eigenvalue weighted by molar-refractivity contribution is 7.27. The molecule has 0 fully saturated rings. The lowest BCUT2D eigenvalue weighted by Crippen LogP contribution is -1.85. The Morgan fingerprint density at radius 1 is 0.357 bits per heavy atom. The summed E-state index contributed by atoms with van der Waals surface area (Å²) in [5.74, 6) is 0. The summed E-state index contributed by atoms with van der Waals surface area (Å²) in [6.07, 6.45) is 6.56. The molecule has 56 heavy (non-hydrogen) atoms. The summed E-state index contributed by atoms with van der Waals surface area (Å²) >= 11 is 3.84. The molecule has 11 rings (SSSR count). The summed E-state index contributed by atoms with van der Waals surface area (Å²) in [6.45, 7) is 4.22. The first-order valence-electron chi connectivity index (χ1n) is 19.3. The zero-order valence-electron chi connectivity index (χ0n) is 31.1. The van der Waals surface area contributed by atoms with E-state index < -0.39 is 0 Å². The first-order chi connectivity index (χ1) is 27.7. The van der Waals surface area contributed by atoms with Crippen molar-refractivity contribution in [3.8, 4) is 33.4 Å². The highest BCUT2D eigenvalue weighted by Crippen LogP contribution is 2.47. The predicted molar refractivity (Wildman–Crippen MR) is 250 cm³/mol. The Morgan fingerprint density at radius 3 is 1.29 bits per heavy atom. The van der Waals surface area contributed by atoms with Gasteiger partial charge < -0.3 is 0 Å². The highest BCUT2D eigenvalue weighted by atomic mass is 32.1. The Balaban J connectivity index is 1.06. The Labute approximate surface area is 333 Å². The van der Waals surface area contributed by atoms with E-state index in [0.29, 0.717) is 0 Å². The van der Waals surface area contributed by atoms with Gasteiger partial charge in [0, 0.05) is 40.3 Å². The second-order valence-electron chi connectivity index (χ2n) is 14.6. The average Bonchev–Trinajstić information content (AvgIpc) is 3.85. The molecule has 0 aliphatic rings. The summed E-state index contributed by atoms with van der Waals surface area (Å²) in [6, 6.07) is 61.1. The number of fused-ring (bicyclic) bond motifs is 12. The van der Waals surface area contributed by atoms with E-state index in [9.17, 15) is 0 Å². The van der Waals surface area contributed by atoms with Crippen LogP contribution in [-0.2, 0) is 0 Å². The van der Waals surface area contributed by atoms with Gasteiger partial charge in [-0.25, -0.2) is 0 Å². The van der Waals surface area contributed by atoms with Gasteiger partial charge in [0.2, 0.25) is 0 Å². The van der Waals surface area contributed by atoms with Crippen LogP contribution in [-0.4, -0.2) is 0 Å². The molecule has 0 unspecified atom stereocenters. The second-order valence-corrected chi connectivity index (χ2v) is 16.7. The van der Waals surface area contributed by atoms with E-state index in [1.165, 1.54) is 117 Å². The molecule has 0 spiro atoms. The SMILES string of the molecule is C/C=C\C(=C/C)c1cccc2c1sc1c(-c3cccc(-c4cccc5c4sc4c(-c6ccc7c8ccccc8c8ccccc8c7c6)cccc45)c3)cccc12. The average molecular weight is 749 g/mol. The van der Waals surface area contributed by atoms with E-state index in [0.717, 1.165) is 0 Å². The van der Waals surface area contributed by atoms with Crippen molar-refractivity contribution in [2.45, 2.75) is 13.8 Å². The molecule has 11 aromatic rings. The van der Waals surface area contributed by atoms with E-state index >= 15 is 0 Å². The Kier molecular flexibility index (Phi) is 7.77. The van der Waals surface area contributed by atoms with Gasteiger partial charge in [-0.05, 0) is 103 Å². The van der Waals surface area contributed by atoms with Crippen LogP contribution in [0.15, 0.2) is 182 Å². The fourth-order valence-electron chi connectivity index (χ4n) is 9.00. The maximum atomic E-state index is 2.42. The third-order valence-corrected chi connectivity index (χ3v) is 14.1. The van der Waals surface area contributed by atoms with Gasteiger partial charge in [-0.1, -0.05) is 170 Å². The summed E-state index contributed by atoms with van der Waals surface area (Å²) in [5.41, 5.74) is 10.2. The van der Waals surface area contributed by atoms with Crippen molar-refractivity contribution in [1.82, 2.24) is 0 Å². The monoisotopic (exact) mass is 748 g/mol. The van der Waals surface area contributed by atoms with Crippen LogP contribution in [0.3, 0.4) is 0 Å². The minimum Gasteiger partial charge on any atom is -0.134 e. The molecule has 0 bridgehead atoms. The van der Waals surface area contributed by atoms with Crippen molar-refractivity contribution in [2.75, 3.05) is 0 Å². The first kappa shape index (κ1) is 33.1. The standard InChI is InChI=1S/C54H36S2/c1-3-14-33(4-2)37-21-10-25-46-47-26-11-22-38(52(47)55-51(37)46)34-15-9-16-35(31-34)39-23-12-27-48-49-28-13-24-40(54(49)56-53(39)48)36-29-30-45-43-19-6-5-17-41(43)42-18-7-8-20-44(42)50(45)32-36/h3-32H,1-2H3/b14-3-,33-4+. The number of thiophene rings is 2. The molecule has 2 aromatic heterocycles. The molecular formula is C54H36S2.